The van der Waals surface area contributed by atoms with Gasteiger partial charge in [-0.25, -0.2) is 0 Å². The van der Waals surface area contributed by atoms with E-state index >= 15 is 0 Å². The number of nitrogens with zero attached hydrogens (tertiary/aromatic N) is 3. The van der Waals surface area contributed by atoms with Crippen LogP contribution in [0.15, 0.2) is 59.6 Å². The number of benzene rings is 2. The third-order valence-electron chi connectivity index (χ3n) is 5.32. The van der Waals surface area contributed by atoms with Crippen LogP contribution >= 0.6 is 0 Å². The van der Waals surface area contributed by atoms with E-state index in [1.165, 1.54) is 5.56 Å². The number of likely N-dealkylation sites (tertiary alicyclic amines) is 1. The van der Waals surface area contributed by atoms with Crippen LogP contribution in [0.2, 0.25) is 0 Å². The SMILES string of the molecule is CN=C(NCc1ccc(C(=O)N(C)C)cc1)N1CCC(COCc2ccccc2)C1. The first kappa shape index (κ1) is 21.8. The lowest BCUT2D eigenvalue weighted by Crippen LogP contribution is -2.39. The Morgan fingerprint density at radius 1 is 1.13 bits per heavy atom. The molecule has 0 saturated carbocycles. The number of hydrogen-bond acceptors (Lipinski definition) is 3. The summed E-state index contributed by atoms with van der Waals surface area (Å²) in [5, 5.41) is 3.44. The van der Waals surface area contributed by atoms with Crippen molar-refractivity contribution in [1.29, 1.82) is 0 Å². The van der Waals surface area contributed by atoms with Crippen LogP contribution in [0.1, 0.15) is 27.9 Å². The third-order valence-corrected chi connectivity index (χ3v) is 5.32. The number of nitrogens with one attached hydrogen (secondary N) is 1. The molecule has 1 N–H and O–H groups in total. The second-order valence-electron chi connectivity index (χ2n) is 7.90. The van der Waals surface area contributed by atoms with Gasteiger partial charge in [-0.1, -0.05) is 42.5 Å². The lowest BCUT2D eigenvalue weighted by molar-refractivity contribution is 0.0827. The largest absolute Gasteiger partial charge is 0.376 e. The molecule has 6 nitrogen and oxygen atoms in total. The number of rotatable bonds is 7. The molecule has 30 heavy (non-hydrogen) atoms. The van der Waals surface area contributed by atoms with E-state index in [1.807, 2.05) is 49.5 Å². The van der Waals surface area contributed by atoms with Crippen molar-refractivity contribution in [3.8, 4) is 0 Å². The van der Waals surface area contributed by atoms with E-state index in [0.29, 0.717) is 24.6 Å². The molecule has 1 saturated heterocycles. The van der Waals surface area contributed by atoms with Gasteiger partial charge in [0.15, 0.2) is 5.96 Å². The van der Waals surface area contributed by atoms with Crippen LogP contribution in [0.3, 0.4) is 0 Å². The Morgan fingerprint density at radius 2 is 1.87 bits per heavy atom. The van der Waals surface area contributed by atoms with E-state index in [9.17, 15) is 4.79 Å². The third kappa shape index (κ3) is 6.07. The van der Waals surface area contributed by atoms with Crippen LogP contribution in [0.4, 0.5) is 0 Å². The first-order valence-corrected chi connectivity index (χ1v) is 10.4. The summed E-state index contributed by atoms with van der Waals surface area (Å²) in [5.74, 6) is 1.44. The van der Waals surface area contributed by atoms with E-state index in [4.69, 9.17) is 4.74 Å². The lowest BCUT2D eigenvalue weighted by Gasteiger charge is -2.22. The summed E-state index contributed by atoms with van der Waals surface area (Å²) in [6.45, 7) is 4.04. The highest BCUT2D eigenvalue weighted by molar-refractivity contribution is 5.93. The first-order valence-electron chi connectivity index (χ1n) is 10.4. The Balaban J connectivity index is 1.43. The number of hydrogen-bond donors (Lipinski definition) is 1. The van der Waals surface area contributed by atoms with Crippen LogP contribution in [-0.4, -0.2) is 62.5 Å². The molecule has 2 aromatic carbocycles. The fourth-order valence-corrected chi connectivity index (χ4v) is 3.62. The van der Waals surface area contributed by atoms with Gasteiger partial charge in [-0.05, 0) is 29.7 Å². The Morgan fingerprint density at radius 3 is 2.53 bits per heavy atom. The van der Waals surface area contributed by atoms with Gasteiger partial charge < -0.3 is 19.9 Å². The van der Waals surface area contributed by atoms with E-state index in [0.717, 1.165) is 37.6 Å². The topological polar surface area (TPSA) is 57.2 Å². The normalized spacial score (nSPS) is 16.6. The summed E-state index contributed by atoms with van der Waals surface area (Å²) in [5.41, 5.74) is 3.03. The van der Waals surface area contributed by atoms with Crippen molar-refractivity contribution in [3.63, 3.8) is 0 Å². The predicted molar refractivity (Wildman–Crippen MR) is 120 cm³/mol. The maximum atomic E-state index is 12.0. The van der Waals surface area contributed by atoms with Crippen molar-refractivity contribution in [2.24, 2.45) is 10.9 Å². The van der Waals surface area contributed by atoms with Gasteiger partial charge in [0.25, 0.3) is 5.91 Å². The predicted octanol–water partition coefficient (Wildman–Crippen LogP) is 3.00. The number of aliphatic imine (C=N–C) groups is 1. The highest BCUT2D eigenvalue weighted by atomic mass is 16.5. The van der Waals surface area contributed by atoms with Gasteiger partial charge in [0, 0.05) is 52.3 Å². The van der Waals surface area contributed by atoms with Gasteiger partial charge in [-0.3, -0.25) is 9.79 Å². The summed E-state index contributed by atoms with van der Waals surface area (Å²) >= 11 is 0. The minimum atomic E-state index is 0.0166. The molecule has 160 valence electrons. The van der Waals surface area contributed by atoms with Crippen LogP contribution in [0, 0.1) is 5.92 Å². The molecule has 6 heteroatoms. The van der Waals surface area contributed by atoms with Crippen LogP contribution in [0.5, 0.6) is 0 Å². The minimum Gasteiger partial charge on any atom is -0.376 e. The average Bonchev–Trinajstić information content (AvgIpc) is 3.23. The molecule has 2 aromatic rings. The highest BCUT2D eigenvalue weighted by Gasteiger charge is 2.25. The molecule has 1 atom stereocenters. The zero-order chi connectivity index (χ0) is 21.3. The van der Waals surface area contributed by atoms with Gasteiger partial charge in [-0.2, -0.15) is 0 Å². The van der Waals surface area contributed by atoms with Gasteiger partial charge in [0.2, 0.25) is 0 Å². The molecule has 0 spiro atoms. The first-order chi connectivity index (χ1) is 14.6. The van der Waals surface area contributed by atoms with E-state index in [2.05, 4.69) is 27.3 Å². The van der Waals surface area contributed by atoms with Crippen molar-refractivity contribution in [3.05, 3.63) is 71.3 Å². The number of carbonyl (C=O) groups is 1. The Hall–Kier alpha value is -2.86. The second kappa shape index (κ2) is 10.8. The number of carbonyl (C=O) groups excluding carboxylic acids is 1. The molecule has 1 unspecified atom stereocenters. The Bertz CT molecular complexity index is 834. The quantitative estimate of drug-likeness (QED) is 0.565. The molecule has 1 aliphatic heterocycles. The van der Waals surface area contributed by atoms with Crippen molar-refractivity contribution in [1.82, 2.24) is 15.1 Å². The van der Waals surface area contributed by atoms with E-state index in [1.54, 1.807) is 19.0 Å². The van der Waals surface area contributed by atoms with Gasteiger partial charge >= 0.3 is 0 Å². The monoisotopic (exact) mass is 408 g/mol. The number of amides is 1. The highest BCUT2D eigenvalue weighted by Crippen LogP contribution is 2.17. The van der Waals surface area contributed by atoms with E-state index < -0.39 is 0 Å². The number of guanidine groups is 1. The summed E-state index contributed by atoms with van der Waals surface area (Å²) < 4.78 is 5.92. The van der Waals surface area contributed by atoms with E-state index in [-0.39, 0.29) is 5.91 Å². The molecular weight excluding hydrogens is 376 g/mol. The fourth-order valence-electron chi connectivity index (χ4n) is 3.62. The van der Waals surface area contributed by atoms with Crippen LogP contribution < -0.4 is 5.32 Å². The molecule has 1 fully saturated rings. The zero-order valence-electron chi connectivity index (χ0n) is 18.2. The summed E-state index contributed by atoms with van der Waals surface area (Å²) in [6.07, 6.45) is 1.11. The summed E-state index contributed by atoms with van der Waals surface area (Å²) in [4.78, 5) is 20.3. The molecule has 0 aliphatic carbocycles. The standard InChI is InChI=1S/C24H32N4O2/c1-25-24(26-15-19-9-11-22(12-10-19)23(29)27(2)3)28-14-13-21(16-28)18-30-17-20-7-5-4-6-8-20/h4-12,21H,13-18H2,1-3H3,(H,25,26). The maximum Gasteiger partial charge on any atom is 0.253 e. The maximum absolute atomic E-state index is 12.0. The molecule has 3 rings (SSSR count). The van der Waals surface area contributed by atoms with Crippen molar-refractivity contribution in [2.75, 3.05) is 40.8 Å². The Labute approximate surface area is 179 Å². The molecule has 1 amide bonds. The summed E-state index contributed by atoms with van der Waals surface area (Å²) in [7, 11) is 5.34. The summed E-state index contributed by atoms with van der Waals surface area (Å²) in [6, 6.07) is 18.0. The van der Waals surface area contributed by atoms with Crippen LogP contribution in [-0.2, 0) is 17.9 Å². The lowest BCUT2D eigenvalue weighted by atomic mass is 10.1. The average molecular weight is 409 g/mol. The second-order valence-corrected chi connectivity index (χ2v) is 7.90. The van der Waals surface area contributed by atoms with Crippen molar-refractivity contribution in [2.45, 2.75) is 19.6 Å². The molecule has 0 aromatic heterocycles. The van der Waals surface area contributed by atoms with Gasteiger partial charge in [0.1, 0.15) is 0 Å². The van der Waals surface area contributed by atoms with Gasteiger partial charge in [0.05, 0.1) is 13.2 Å². The molecule has 1 aliphatic rings. The molecular formula is C24H32N4O2. The van der Waals surface area contributed by atoms with Crippen LogP contribution in [0.25, 0.3) is 0 Å². The molecule has 0 radical (unpaired) electrons. The smallest absolute Gasteiger partial charge is 0.253 e. The van der Waals surface area contributed by atoms with Gasteiger partial charge in [-0.15, -0.1) is 0 Å². The fraction of sp³-hybridized carbons (Fsp3) is 0.417. The zero-order valence-corrected chi connectivity index (χ0v) is 18.2. The van der Waals surface area contributed by atoms with Crippen molar-refractivity contribution < 1.29 is 9.53 Å². The Kier molecular flexibility index (Phi) is 7.85. The van der Waals surface area contributed by atoms with Crippen molar-refractivity contribution >= 4 is 11.9 Å². The minimum absolute atomic E-state index is 0.0166. The molecule has 0 bridgehead atoms. The number of ether oxygens (including phenoxy) is 1. The molecule has 1 heterocycles.